The molecule has 0 fully saturated rings. The Balaban J connectivity index is 1.93. The molecule has 1 aromatic carbocycles. The first kappa shape index (κ1) is 15.6. The summed E-state index contributed by atoms with van der Waals surface area (Å²) in [6, 6.07) is 13.4. The summed E-state index contributed by atoms with van der Waals surface area (Å²) in [6.45, 7) is 2.95. The second-order valence-corrected chi connectivity index (χ2v) is 4.73. The molecule has 0 aliphatic rings. The summed E-state index contributed by atoms with van der Waals surface area (Å²) < 4.78 is 4.94. The number of hydrogen-bond acceptors (Lipinski definition) is 5. The van der Waals surface area contributed by atoms with Crippen molar-refractivity contribution in [1.29, 1.82) is 0 Å². The van der Waals surface area contributed by atoms with Gasteiger partial charge in [0.2, 0.25) is 0 Å². The third-order valence-electron chi connectivity index (χ3n) is 2.92. The monoisotopic (exact) mass is 300 g/mol. The maximum atomic E-state index is 11.5. The number of rotatable bonds is 6. The fraction of sp³-hybridized carbons (Fsp3) is 0.250. The van der Waals surface area contributed by atoms with Crippen LogP contribution in [0.25, 0.3) is 0 Å². The van der Waals surface area contributed by atoms with Crippen molar-refractivity contribution in [1.82, 2.24) is 4.98 Å². The van der Waals surface area contributed by atoms with Gasteiger partial charge in [0.15, 0.2) is 0 Å². The highest BCUT2D eigenvalue weighted by Crippen LogP contribution is 2.19. The third kappa shape index (κ3) is 4.66. The van der Waals surface area contributed by atoms with Gasteiger partial charge >= 0.3 is 6.09 Å². The minimum Gasteiger partial charge on any atom is -0.449 e. The molecule has 1 heterocycles. The van der Waals surface area contributed by atoms with Gasteiger partial charge in [-0.2, -0.15) is 0 Å². The predicted molar refractivity (Wildman–Crippen MR) is 87.7 cm³/mol. The largest absolute Gasteiger partial charge is 0.449 e. The third-order valence-corrected chi connectivity index (χ3v) is 2.92. The van der Waals surface area contributed by atoms with Gasteiger partial charge in [0.1, 0.15) is 11.6 Å². The summed E-state index contributed by atoms with van der Waals surface area (Å²) in [5.74, 6) is 0.889. The molecule has 0 radical (unpaired) electrons. The maximum absolute atomic E-state index is 11.5. The molecule has 0 saturated heterocycles. The van der Waals surface area contributed by atoms with E-state index in [9.17, 15) is 4.79 Å². The fourth-order valence-electron chi connectivity index (χ4n) is 1.81. The molecule has 1 amide bonds. The number of nitrogens with two attached hydrogens (primary N) is 1. The lowest BCUT2D eigenvalue weighted by Gasteiger charge is -2.10. The lowest BCUT2D eigenvalue weighted by molar-refractivity contribution is 0.161. The van der Waals surface area contributed by atoms with Crippen LogP contribution in [0.5, 0.6) is 0 Å². The first-order chi connectivity index (χ1) is 10.7. The van der Waals surface area contributed by atoms with Gasteiger partial charge in [-0.05, 0) is 24.1 Å². The molecule has 0 bridgehead atoms. The van der Waals surface area contributed by atoms with Crippen LogP contribution >= 0.6 is 0 Å². The van der Waals surface area contributed by atoms with Crippen molar-refractivity contribution in [3.05, 3.63) is 48.0 Å². The van der Waals surface area contributed by atoms with Crippen molar-refractivity contribution < 1.29 is 9.53 Å². The molecule has 4 N–H and O–H groups in total. The Kier molecular flexibility index (Phi) is 5.59. The summed E-state index contributed by atoms with van der Waals surface area (Å²) in [5.41, 5.74) is 7.43. The Labute approximate surface area is 129 Å². The summed E-state index contributed by atoms with van der Waals surface area (Å²) in [7, 11) is 0. The number of anilines is 3. The molecule has 0 aliphatic heterocycles. The normalized spacial score (nSPS) is 10.0. The molecule has 116 valence electrons. The van der Waals surface area contributed by atoms with Gasteiger partial charge in [0.05, 0.1) is 12.3 Å². The van der Waals surface area contributed by atoms with Gasteiger partial charge in [-0.15, -0.1) is 0 Å². The number of carbonyl (C=O) groups excluding carboxylic acids is 1. The van der Waals surface area contributed by atoms with E-state index in [1.54, 1.807) is 12.1 Å². The maximum Gasteiger partial charge on any atom is 0.411 e. The van der Waals surface area contributed by atoms with E-state index in [4.69, 9.17) is 10.5 Å². The predicted octanol–water partition coefficient (Wildman–Crippen LogP) is 3.23. The van der Waals surface area contributed by atoms with Gasteiger partial charge in [0, 0.05) is 6.54 Å². The first-order valence-corrected chi connectivity index (χ1v) is 7.17. The number of carbonyl (C=O) groups is 1. The summed E-state index contributed by atoms with van der Waals surface area (Å²) in [5, 5.41) is 5.75. The van der Waals surface area contributed by atoms with Gasteiger partial charge in [0.25, 0.3) is 0 Å². The van der Waals surface area contributed by atoms with Gasteiger partial charge in [-0.1, -0.05) is 37.3 Å². The van der Waals surface area contributed by atoms with E-state index in [0.717, 1.165) is 12.0 Å². The smallest absolute Gasteiger partial charge is 0.411 e. The molecule has 1 aromatic heterocycles. The zero-order valence-corrected chi connectivity index (χ0v) is 12.5. The molecule has 0 saturated carbocycles. The molecule has 2 rings (SSSR count). The molecule has 0 unspecified atom stereocenters. The van der Waals surface area contributed by atoms with E-state index < -0.39 is 6.09 Å². The van der Waals surface area contributed by atoms with Crippen LogP contribution in [-0.4, -0.2) is 17.7 Å². The molecular formula is C16H20N4O2. The number of aromatic nitrogens is 1. The number of pyridine rings is 1. The van der Waals surface area contributed by atoms with Crippen LogP contribution in [0, 0.1) is 0 Å². The molecule has 6 nitrogen and oxygen atoms in total. The average molecular weight is 300 g/mol. The number of benzene rings is 1. The fourth-order valence-corrected chi connectivity index (χ4v) is 1.81. The lowest BCUT2D eigenvalue weighted by atomic mass is 10.2. The SMILES string of the molecule is CCCOC(=O)Nc1ccc(NCc2ccccc2)nc1N. The Morgan fingerprint density at radius 3 is 2.68 bits per heavy atom. The number of ether oxygens (including phenoxy) is 1. The summed E-state index contributed by atoms with van der Waals surface area (Å²) >= 11 is 0. The summed E-state index contributed by atoms with van der Waals surface area (Å²) in [6.07, 6.45) is 0.240. The van der Waals surface area contributed by atoms with E-state index in [1.165, 1.54) is 0 Å². The van der Waals surface area contributed by atoms with Crippen LogP contribution in [0.3, 0.4) is 0 Å². The molecule has 22 heavy (non-hydrogen) atoms. The second kappa shape index (κ2) is 7.87. The van der Waals surface area contributed by atoms with Crippen LogP contribution in [-0.2, 0) is 11.3 Å². The van der Waals surface area contributed by atoms with Crippen molar-refractivity contribution in [2.45, 2.75) is 19.9 Å². The van der Waals surface area contributed by atoms with Gasteiger partial charge < -0.3 is 15.8 Å². The average Bonchev–Trinajstić information content (AvgIpc) is 2.54. The topological polar surface area (TPSA) is 89.3 Å². The van der Waals surface area contributed by atoms with Crippen molar-refractivity contribution >= 4 is 23.4 Å². The van der Waals surface area contributed by atoms with Gasteiger partial charge in [-0.3, -0.25) is 5.32 Å². The second-order valence-electron chi connectivity index (χ2n) is 4.73. The number of hydrogen-bond donors (Lipinski definition) is 3. The van der Waals surface area contributed by atoms with Crippen molar-refractivity contribution in [2.75, 3.05) is 23.0 Å². The highest BCUT2D eigenvalue weighted by molar-refractivity contribution is 5.88. The Morgan fingerprint density at radius 1 is 1.23 bits per heavy atom. The Morgan fingerprint density at radius 2 is 2.00 bits per heavy atom. The Hall–Kier alpha value is -2.76. The molecule has 0 atom stereocenters. The minimum atomic E-state index is -0.527. The highest BCUT2D eigenvalue weighted by atomic mass is 16.5. The number of nitrogens with one attached hydrogen (secondary N) is 2. The number of nitrogen functional groups attached to an aromatic ring is 1. The molecular weight excluding hydrogens is 280 g/mol. The number of nitrogens with zero attached hydrogens (tertiary/aromatic N) is 1. The van der Waals surface area contributed by atoms with E-state index in [0.29, 0.717) is 24.7 Å². The number of amides is 1. The Bertz CT molecular complexity index is 617. The highest BCUT2D eigenvalue weighted by Gasteiger charge is 2.07. The van der Waals surface area contributed by atoms with E-state index in [2.05, 4.69) is 15.6 Å². The van der Waals surface area contributed by atoms with Crippen LogP contribution in [0.15, 0.2) is 42.5 Å². The minimum absolute atomic E-state index is 0.242. The lowest BCUT2D eigenvalue weighted by Crippen LogP contribution is -2.16. The first-order valence-electron chi connectivity index (χ1n) is 7.17. The van der Waals surface area contributed by atoms with Crippen molar-refractivity contribution in [3.63, 3.8) is 0 Å². The van der Waals surface area contributed by atoms with Crippen LogP contribution in [0.4, 0.5) is 22.1 Å². The molecule has 6 heteroatoms. The van der Waals surface area contributed by atoms with Crippen molar-refractivity contribution in [2.24, 2.45) is 0 Å². The molecule has 0 spiro atoms. The zero-order chi connectivity index (χ0) is 15.8. The zero-order valence-electron chi connectivity index (χ0n) is 12.5. The summed E-state index contributed by atoms with van der Waals surface area (Å²) in [4.78, 5) is 15.7. The molecule has 2 aromatic rings. The van der Waals surface area contributed by atoms with Crippen LogP contribution in [0.2, 0.25) is 0 Å². The van der Waals surface area contributed by atoms with Crippen molar-refractivity contribution in [3.8, 4) is 0 Å². The van der Waals surface area contributed by atoms with E-state index in [-0.39, 0.29) is 5.82 Å². The standard InChI is InChI=1S/C16H20N4O2/c1-2-10-22-16(21)19-13-8-9-14(20-15(13)17)18-11-12-6-4-3-5-7-12/h3-9H,2,10-11H2,1H3,(H,19,21)(H3,17,18,20). The quantitative estimate of drug-likeness (QED) is 0.762. The van der Waals surface area contributed by atoms with Gasteiger partial charge in [-0.25, -0.2) is 9.78 Å². The van der Waals surface area contributed by atoms with E-state index >= 15 is 0 Å². The van der Waals surface area contributed by atoms with Crippen LogP contribution in [0.1, 0.15) is 18.9 Å². The van der Waals surface area contributed by atoms with E-state index in [1.807, 2.05) is 37.3 Å². The van der Waals surface area contributed by atoms with Crippen LogP contribution < -0.4 is 16.4 Å². The molecule has 0 aliphatic carbocycles.